The largest absolute Gasteiger partial charge is 0.456 e. The lowest BCUT2D eigenvalue weighted by atomic mass is 9.77. The second-order valence-electron chi connectivity index (χ2n) is 15.4. The lowest BCUT2D eigenvalue weighted by Crippen LogP contribution is -2.31. The molecule has 18 heteroatoms. The van der Waals surface area contributed by atoms with Crippen LogP contribution in [0.3, 0.4) is 0 Å². The average molecular weight is 852 g/mol. The minimum Gasteiger partial charge on any atom is -0.456 e. The first-order valence-corrected chi connectivity index (χ1v) is 23.4. The molecule has 0 saturated carbocycles. The Hall–Kier alpha value is -3.91. The molecule has 4 rings (SSSR count). The first-order valence-electron chi connectivity index (χ1n) is 18.8. The summed E-state index contributed by atoms with van der Waals surface area (Å²) in [4.78, 5) is 14.1. The van der Waals surface area contributed by atoms with Crippen LogP contribution in [-0.4, -0.2) is 89.0 Å². The molecule has 3 aliphatic rings. The molecule has 2 heterocycles. The maximum atomic E-state index is 12.5. The van der Waals surface area contributed by atoms with Gasteiger partial charge in [-0.3, -0.25) is 18.5 Å². The van der Waals surface area contributed by atoms with Crippen LogP contribution in [0.2, 0.25) is 0 Å². The zero-order chi connectivity index (χ0) is 42.4. The molecule has 1 atom stereocenters. The normalized spacial score (nSPS) is 17.8. The van der Waals surface area contributed by atoms with Gasteiger partial charge in [0.25, 0.3) is 30.4 Å². The maximum Gasteiger partial charge on any atom is 0.294 e. The van der Waals surface area contributed by atoms with Gasteiger partial charge in [0.1, 0.15) is 24.6 Å². The highest BCUT2D eigenvalue weighted by Gasteiger charge is 2.43. The number of rotatable bonds is 18. The summed E-state index contributed by atoms with van der Waals surface area (Å²) in [5, 5.41) is 3.56. The SMILES string of the molecule is CC[N+](CCCS(=O)(=O)O)=c1ccc2c(C(C)(C)C)cc(/C=C/C=C3\N(CCCS(=O)(=O)O)c4ccc(S(=O)(=O)O)cc4C3(C)CCCC(=O)NCCN)oc-2c1. The van der Waals surface area contributed by atoms with Gasteiger partial charge in [0.05, 0.1) is 22.5 Å². The van der Waals surface area contributed by atoms with E-state index in [4.69, 9.17) is 10.2 Å². The van der Waals surface area contributed by atoms with E-state index in [2.05, 4.69) is 26.1 Å². The quantitative estimate of drug-likeness (QED) is 0.0893. The Morgan fingerprint density at radius 1 is 0.965 bits per heavy atom. The van der Waals surface area contributed by atoms with Crippen LogP contribution in [0, 0.1) is 0 Å². The molecule has 0 radical (unpaired) electrons. The van der Waals surface area contributed by atoms with Crippen LogP contribution in [-0.2, 0) is 46.0 Å². The topological polar surface area (TPSA) is 238 Å². The lowest BCUT2D eigenvalue weighted by molar-refractivity contribution is -0.121. The second kappa shape index (κ2) is 18.3. The van der Waals surface area contributed by atoms with E-state index < -0.39 is 41.5 Å². The minimum atomic E-state index is -4.59. The number of hydrogen-bond donors (Lipinski definition) is 5. The molecule has 1 aromatic rings. The van der Waals surface area contributed by atoms with Gasteiger partial charge in [0, 0.05) is 60.9 Å². The molecule has 6 N–H and O–H groups in total. The monoisotopic (exact) mass is 851 g/mol. The Kier molecular flexibility index (Phi) is 14.7. The summed E-state index contributed by atoms with van der Waals surface area (Å²) in [7, 11) is -13.0. The average Bonchev–Trinajstić information content (AvgIpc) is 3.33. The van der Waals surface area contributed by atoms with Crippen LogP contribution in [0.5, 0.6) is 0 Å². The molecule has 0 aromatic heterocycles. The van der Waals surface area contributed by atoms with E-state index in [9.17, 15) is 43.7 Å². The second-order valence-corrected chi connectivity index (χ2v) is 20.0. The lowest BCUT2D eigenvalue weighted by Gasteiger charge is -2.30. The van der Waals surface area contributed by atoms with Crippen molar-refractivity contribution in [3.63, 3.8) is 0 Å². The van der Waals surface area contributed by atoms with Gasteiger partial charge >= 0.3 is 0 Å². The molecule has 1 unspecified atom stereocenters. The third-order valence-corrected chi connectivity index (χ3v) is 12.5. The number of allylic oxidation sites excluding steroid dienone is 3. The number of carbonyl (C=O) groups excluding carboxylic acids is 1. The molecule has 0 spiro atoms. The summed E-state index contributed by atoms with van der Waals surface area (Å²) >= 11 is 0. The summed E-state index contributed by atoms with van der Waals surface area (Å²) in [6.07, 6.45) is 6.59. The molecule has 1 aromatic carbocycles. The number of amides is 1. The molecular weight excluding hydrogens is 797 g/mol. The van der Waals surface area contributed by atoms with E-state index >= 15 is 0 Å². The van der Waals surface area contributed by atoms with Crippen molar-refractivity contribution >= 4 is 48.0 Å². The Morgan fingerprint density at radius 3 is 2.26 bits per heavy atom. The summed E-state index contributed by atoms with van der Waals surface area (Å²) in [5.74, 6) is 0.0493. The molecule has 1 amide bonds. The van der Waals surface area contributed by atoms with Gasteiger partial charge in [-0.15, -0.1) is 0 Å². The summed E-state index contributed by atoms with van der Waals surface area (Å²) in [6, 6.07) is 12.0. The van der Waals surface area contributed by atoms with Gasteiger partial charge in [-0.2, -0.15) is 25.3 Å². The van der Waals surface area contributed by atoms with Crippen LogP contribution < -0.4 is 25.9 Å². The van der Waals surface area contributed by atoms with E-state index in [1.54, 1.807) is 18.2 Å². The van der Waals surface area contributed by atoms with Crippen molar-refractivity contribution in [2.45, 2.75) is 82.4 Å². The minimum absolute atomic E-state index is 0.0405. The smallest absolute Gasteiger partial charge is 0.294 e. The number of benzene rings is 2. The van der Waals surface area contributed by atoms with E-state index in [1.807, 2.05) is 53.7 Å². The number of anilines is 1. The molecule has 314 valence electrons. The van der Waals surface area contributed by atoms with Gasteiger partial charge in [-0.05, 0) is 92.1 Å². The number of nitrogens with one attached hydrogen (secondary N) is 1. The van der Waals surface area contributed by atoms with Gasteiger partial charge in [0.2, 0.25) is 11.3 Å². The van der Waals surface area contributed by atoms with Crippen molar-refractivity contribution in [3.05, 3.63) is 82.6 Å². The van der Waals surface area contributed by atoms with Gasteiger partial charge in [0.15, 0.2) is 0 Å². The van der Waals surface area contributed by atoms with Gasteiger partial charge in [-0.25, -0.2) is 4.58 Å². The predicted molar refractivity (Wildman–Crippen MR) is 221 cm³/mol. The van der Waals surface area contributed by atoms with E-state index in [0.717, 1.165) is 16.5 Å². The Balaban J connectivity index is 1.85. The maximum absolute atomic E-state index is 12.5. The van der Waals surface area contributed by atoms with Crippen molar-refractivity contribution < 1.29 is 48.1 Å². The molecule has 0 fully saturated rings. The molecule has 0 bridgehead atoms. The molecule has 57 heavy (non-hydrogen) atoms. The zero-order valence-electron chi connectivity index (χ0n) is 33.1. The number of nitrogens with two attached hydrogens (primary N) is 1. The fraction of sp³-hybridized carbons (Fsp3) is 0.487. The highest BCUT2D eigenvalue weighted by molar-refractivity contribution is 7.86. The molecule has 15 nitrogen and oxygen atoms in total. The summed E-state index contributed by atoms with van der Waals surface area (Å²) in [6.45, 7) is 11.8. The highest BCUT2D eigenvalue weighted by Crippen LogP contribution is 2.51. The van der Waals surface area contributed by atoms with Crippen molar-refractivity contribution in [1.82, 2.24) is 9.89 Å². The van der Waals surface area contributed by atoms with Gasteiger partial charge in [-0.1, -0.05) is 26.8 Å². The Morgan fingerprint density at radius 2 is 1.65 bits per heavy atom. The first-order chi connectivity index (χ1) is 26.5. The number of hydrogen-bond acceptors (Lipinski definition) is 10. The van der Waals surface area contributed by atoms with Crippen LogP contribution in [0.25, 0.3) is 17.4 Å². The Labute approximate surface area is 336 Å². The summed E-state index contributed by atoms with van der Waals surface area (Å²) in [5.41, 5.74) is 8.03. The van der Waals surface area contributed by atoms with Crippen LogP contribution in [0.15, 0.2) is 69.6 Å². The van der Waals surface area contributed by atoms with Crippen molar-refractivity contribution in [3.8, 4) is 11.3 Å². The number of nitrogens with zero attached hydrogens (tertiary/aromatic N) is 2. The first kappa shape index (κ1) is 45.8. The fourth-order valence-electron chi connectivity index (χ4n) is 7.24. The molecule has 1 aliphatic carbocycles. The molecule has 0 saturated heterocycles. The van der Waals surface area contributed by atoms with Crippen molar-refractivity contribution in [1.29, 1.82) is 0 Å². The van der Waals surface area contributed by atoms with E-state index in [-0.39, 0.29) is 54.3 Å². The van der Waals surface area contributed by atoms with E-state index in [0.29, 0.717) is 60.9 Å². The predicted octanol–water partition coefficient (Wildman–Crippen LogP) is 4.20. The third kappa shape index (κ3) is 12.3. The van der Waals surface area contributed by atoms with Crippen molar-refractivity contribution in [2.75, 3.05) is 49.1 Å². The van der Waals surface area contributed by atoms with Crippen LogP contribution in [0.4, 0.5) is 5.69 Å². The van der Waals surface area contributed by atoms with Crippen LogP contribution >= 0.6 is 0 Å². The number of fused-ring (bicyclic) bond motifs is 2. The fourth-order valence-corrected chi connectivity index (χ4v) is 8.73. The van der Waals surface area contributed by atoms with Gasteiger partial charge < -0.3 is 20.4 Å². The third-order valence-electron chi connectivity index (χ3n) is 10.0. The van der Waals surface area contributed by atoms with Crippen molar-refractivity contribution in [2.24, 2.45) is 5.73 Å². The number of carbonyl (C=O) groups is 1. The standard InChI is InChI=1S/C39H54N4O11S3/c1-6-42(21-9-23-55(45,46)47)28-14-16-31-32(38(2,3)4)26-29(54-35(31)25-28)11-7-12-36-39(5,18-8-13-37(44)41-20-19-40)33-27-30(57(51,52)53)15-17-34(33)43(36)22-10-24-56(48,49)50/h7,11-12,14-17,25-27H,6,8-10,13,18-24,40H2,1-5H3,(H3-,41,44,45,46,47,48,49,50,51,52,53)/p+1. The molecule has 2 aliphatic heterocycles. The zero-order valence-corrected chi connectivity index (χ0v) is 35.5. The Bertz CT molecular complexity index is 2380. The van der Waals surface area contributed by atoms with Crippen LogP contribution in [0.1, 0.15) is 83.6 Å². The summed E-state index contributed by atoms with van der Waals surface area (Å²) < 4.78 is 108. The molecular formula is C39H55N4O11S3+. The highest BCUT2D eigenvalue weighted by atomic mass is 32.2. The van der Waals surface area contributed by atoms with E-state index in [1.165, 1.54) is 12.1 Å².